The fourth-order valence-electron chi connectivity index (χ4n) is 2.39. The van der Waals surface area contributed by atoms with Crippen molar-refractivity contribution in [2.24, 2.45) is 0 Å². The molecule has 1 atom stereocenters. The first-order valence-corrected chi connectivity index (χ1v) is 6.38. The fourth-order valence-corrected chi connectivity index (χ4v) is 3.25. The Bertz CT molecular complexity index is 513. The zero-order valence-electron chi connectivity index (χ0n) is 8.85. The van der Waals surface area contributed by atoms with Gasteiger partial charge in [-0.3, -0.25) is 4.79 Å². The third-order valence-electron chi connectivity index (χ3n) is 3.16. The Kier molecular flexibility index (Phi) is 2.37. The molecular weight excluding hydrogens is 216 g/mol. The molecule has 16 heavy (non-hydrogen) atoms. The van der Waals surface area contributed by atoms with Gasteiger partial charge < -0.3 is 0 Å². The molecule has 1 aliphatic carbocycles. The molecule has 0 saturated heterocycles. The number of aryl methyl sites for hydroxylation is 1. The Morgan fingerprint density at radius 3 is 2.75 bits per heavy atom. The Hall–Kier alpha value is -1.41. The molecular formula is C14H12OS. The number of ketones is 1. The molecule has 80 valence electrons. The van der Waals surface area contributed by atoms with Crippen molar-refractivity contribution in [3.05, 3.63) is 57.8 Å². The van der Waals surface area contributed by atoms with Gasteiger partial charge in [0, 0.05) is 11.3 Å². The van der Waals surface area contributed by atoms with Gasteiger partial charge in [0.25, 0.3) is 0 Å². The number of benzene rings is 1. The second-order valence-corrected chi connectivity index (χ2v) is 5.09. The van der Waals surface area contributed by atoms with Crippen LogP contribution < -0.4 is 0 Å². The van der Waals surface area contributed by atoms with E-state index in [0.717, 1.165) is 6.42 Å². The van der Waals surface area contributed by atoms with Crippen LogP contribution in [0.5, 0.6) is 0 Å². The molecule has 0 amide bonds. The van der Waals surface area contributed by atoms with E-state index in [4.69, 9.17) is 0 Å². The molecule has 2 heteroatoms. The van der Waals surface area contributed by atoms with Gasteiger partial charge >= 0.3 is 0 Å². The van der Waals surface area contributed by atoms with E-state index < -0.39 is 0 Å². The van der Waals surface area contributed by atoms with Crippen LogP contribution in [0.15, 0.2) is 41.8 Å². The Labute approximate surface area is 98.7 Å². The maximum atomic E-state index is 12.1. The Balaban J connectivity index is 2.14. The summed E-state index contributed by atoms with van der Waals surface area (Å²) in [7, 11) is 0. The molecule has 1 aliphatic rings. The number of thiophene rings is 1. The second-order valence-electron chi connectivity index (χ2n) is 4.11. The molecule has 0 radical (unpaired) electrons. The van der Waals surface area contributed by atoms with Gasteiger partial charge in [0.15, 0.2) is 0 Å². The maximum absolute atomic E-state index is 12.1. The number of rotatable bonds is 1. The van der Waals surface area contributed by atoms with Crippen LogP contribution in [0.2, 0.25) is 0 Å². The van der Waals surface area contributed by atoms with Crippen LogP contribution in [-0.4, -0.2) is 5.78 Å². The molecule has 0 spiro atoms. The molecule has 1 unspecified atom stereocenters. The number of carbonyl (C=O) groups is 1. The number of hydrogen-bond donors (Lipinski definition) is 0. The van der Waals surface area contributed by atoms with Gasteiger partial charge in [0.2, 0.25) is 0 Å². The quantitative estimate of drug-likeness (QED) is 0.731. The zero-order valence-corrected chi connectivity index (χ0v) is 9.67. The van der Waals surface area contributed by atoms with Crippen LogP contribution in [0.4, 0.5) is 0 Å². The monoisotopic (exact) mass is 228 g/mol. The standard InChI is InChI=1S/C14H12OS/c15-12-8-7-10-4-1-2-5-11(10)14(12)13-6-3-9-16-13/h1-6,9,14H,7-8H2. The highest BCUT2D eigenvalue weighted by molar-refractivity contribution is 7.10. The van der Waals surface area contributed by atoms with E-state index in [2.05, 4.69) is 24.3 Å². The first kappa shape index (κ1) is 9.79. The molecule has 0 bridgehead atoms. The van der Waals surface area contributed by atoms with E-state index in [1.807, 2.05) is 17.5 Å². The van der Waals surface area contributed by atoms with Gasteiger partial charge in [-0.1, -0.05) is 30.3 Å². The van der Waals surface area contributed by atoms with Crippen LogP contribution in [0.3, 0.4) is 0 Å². The SMILES string of the molecule is O=C1CCc2ccccc2C1c1cccs1. The lowest BCUT2D eigenvalue weighted by atomic mass is 9.81. The number of fused-ring (bicyclic) bond motifs is 1. The molecule has 1 nitrogen and oxygen atoms in total. The van der Waals surface area contributed by atoms with Gasteiger partial charge in [-0.25, -0.2) is 0 Å². The third-order valence-corrected chi connectivity index (χ3v) is 4.09. The lowest BCUT2D eigenvalue weighted by molar-refractivity contribution is -0.119. The molecule has 1 aromatic heterocycles. The molecule has 0 aliphatic heterocycles. The smallest absolute Gasteiger partial charge is 0.145 e. The average Bonchev–Trinajstić information content (AvgIpc) is 2.82. The van der Waals surface area contributed by atoms with Crippen molar-refractivity contribution in [2.45, 2.75) is 18.8 Å². The van der Waals surface area contributed by atoms with E-state index in [9.17, 15) is 4.79 Å². The van der Waals surface area contributed by atoms with Crippen molar-refractivity contribution in [3.63, 3.8) is 0 Å². The fraction of sp³-hybridized carbons (Fsp3) is 0.214. The molecule has 0 N–H and O–H groups in total. The minimum Gasteiger partial charge on any atom is -0.299 e. The van der Waals surface area contributed by atoms with E-state index in [1.54, 1.807) is 11.3 Å². The molecule has 1 heterocycles. The van der Waals surface area contributed by atoms with Crippen LogP contribution >= 0.6 is 11.3 Å². The van der Waals surface area contributed by atoms with E-state index in [0.29, 0.717) is 12.2 Å². The molecule has 0 saturated carbocycles. The minimum absolute atomic E-state index is 0.00931. The Morgan fingerprint density at radius 1 is 1.06 bits per heavy atom. The van der Waals surface area contributed by atoms with E-state index >= 15 is 0 Å². The topological polar surface area (TPSA) is 17.1 Å². The summed E-state index contributed by atoms with van der Waals surface area (Å²) in [6.45, 7) is 0. The first-order chi connectivity index (χ1) is 7.86. The molecule has 0 fully saturated rings. The number of Topliss-reactive ketones (excluding diaryl/α,β-unsaturated/α-hetero) is 1. The van der Waals surface area contributed by atoms with Crippen molar-refractivity contribution < 1.29 is 4.79 Å². The highest BCUT2D eigenvalue weighted by atomic mass is 32.1. The largest absolute Gasteiger partial charge is 0.299 e. The van der Waals surface area contributed by atoms with E-state index in [-0.39, 0.29) is 5.92 Å². The summed E-state index contributed by atoms with van der Waals surface area (Å²) in [4.78, 5) is 13.2. The van der Waals surface area contributed by atoms with Crippen molar-refractivity contribution in [1.82, 2.24) is 0 Å². The van der Waals surface area contributed by atoms with Crippen molar-refractivity contribution >= 4 is 17.1 Å². The summed E-state index contributed by atoms with van der Waals surface area (Å²) in [5.41, 5.74) is 2.54. The van der Waals surface area contributed by atoms with Gasteiger partial charge in [0.1, 0.15) is 5.78 Å². The first-order valence-electron chi connectivity index (χ1n) is 5.50. The van der Waals surface area contributed by atoms with Crippen LogP contribution in [0.1, 0.15) is 28.3 Å². The summed E-state index contributed by atoms with van der Waals surface area (Å²) in [6.07, 6.45) is 1.58. The van der Waals surface area contributed by atoms with Crippen molar-refractivity contribution in [3.8, 4) is 0 Å². The summed E-state index contributed by atoms with van der Waals surface area (Å²) in [5, 5.41) is 2.04. The normalized spacial score (nSPS) is 19.5. The van der Waals surface area contributed by atoms with Crippen molar-refractivity contribution in [1.29, 1.82) is 0 Å². The van der Waals surface area contributed by atoms with Crippen LogP contribution in [0.25, 0.3) is 0 Å². The summed E-state index contributed by atoms with van der Waals surface area (Å²) < 4.78 is 0. The number of carbonyl (C=O) groups excluding carboxylic acids is 1. The van der Waals surface area contributed by atoms with Crippen LogP contribution in [0, 0.1) is 0 Å². The van der Waals surface area contributed by atoms with Gasteiger partial charge in [0.05, 0.1) is 5.92 Å². The predicted molar refractivity (Wildman–Crippen MR) is 65.9 cm³/mol. The lowest BCUT2D eigenvalue weighted by Gasteiger charge is -2.23. The van der Waals surface area contributed by atoms with Gasteiger partial charge in [-0.2, -0.15) is 0 Å². The molecule has 2 aromatic rings. The molecule has 1 aromatic carbocycles. The summed E-state index contributed by atoms with van der Waals surface area (Å²) >= 11 is 1.68. The lowest BCUT2D eigenvalue weighted by Crippen LogP contribution is -2.20. The number of hydrogen-bond acceptors (Lipinski definition) is 2. The predicted octanol–water partition coefficient (Wildman–Crippen LogP) is 3.40. The Morgan fingerprint density at radius 2 is 1.94 bits per heavy atom. The van der Waals surface area contributed by atoms with Crippen LogP contribution in [-0.2, 0) is 11.2 Å². The van der Waals surface area contributed by atoms with Gasteiger partial charge in [-0.05, 0) is 29.0 Å². The second kappa shape index (κ2) is 3.87. The van der Waals surface area contributed by atoms with E-state index in [1.165, 1.54) is 16.0 Å². The summed E-state index contributed by atoms with van der Waals surface area (Å²) in [5.74, 6) is 0.353. The highest BCUT2D eigenvalue weighted by Crippen LogP contribution is 2.36. The zero-order chi connectivity index (χ0) is 11.0. The minimum atomic E-state index is -0.00931. The summed E-state index contributed by atoms with van der Waals surface area (Å²) in [6, 6.07) is 12.4. The highest BCUT2D eigenvalue weighted by Gasteiger charge is 2.28. The van der Waals surface area contributed by atoms with Crippen molar-refractivity contribution in [2.75, 3.05) is 0 Å². The average molecular weight is 228 g/mol. The third kappa shape index (κ3) is 1.50. The maximum Gasteiger partial charge on any atom is 0.145 e. The molecule has 3 rings (SSSR count). The van der Waals surface area contributed by atoms with Gasteiger partial charge in [-0.15, -0.1) is 11.3 Å².